The van der Waals surface area contributed by atoms with Crippen molar-refractivity contribution in [3.05, 3.63) is 194 Å². The molecule has 3 aromatic heterocycles. The Labute approximate surface area is 327 Å². The topological polar surface area (TPSA) is 22.8 Å². The first-order chi connectivity index (χ1) is 26.3. The van der Waals surface area contributed by atoms with Gasteiger partial charge in [0.2, 0.25) is 8.96 Å². The van der Waals surface area contributed by atoms with Crippen molar-refractivity contribution >= 4 is 84.7 Å². The summed E-state index contributed by atoms with van der Waals surface area (Å²) in [6.45, 7) is 0. The Balaban J connectivity index is 0.00000361. The monoisotopic (exact) mass is 752 g/mol. The largest absolute Gasteiger partial charge is 2.00 e. The van der Waals surface area contributed by atoms with Gasteiger partial charge in [-0.3, -0.25) is 0 Å². The zero-order valence-electron chi connectivity index (χ0n) is 29.4. The predicted molar refractivity (Wildman–Crippen MR) is 223 cm³/mol. The van der Waals surface area contributed by atoms with Gasteiger partial charge in [-0.1, -0.05) is 127 Å². The van der Waals surface area contributed by atoms with Crippen LogP contribution in [0, 0.1) is 12.1 Å². The summed E-state index contributed by atoms with van der Waals surface area (Å²) in [5, 5.41) is 10.8. The molecule has 0 spiro atoms. The summed E-state index contributed by atoms with van der Waals surface area (Å²) in [6.07, 6.45) is 0. The van der Waals surface area contributed by atoms with Gasteiger partial charge in [0.15, 0.2) is 0 Å². The summed E-state index contributed by atoms with van der Waals surface area (Å²) in [5.74, 6) is 0. The number of pyridine rings is 1. The minimum Gasteiger partial charge on any atom is -0.357 e. The number of fused-ring (bicyclic) bond motifs is 9. The molecule has 11 rings (SSSR count). The molecule has 0 N–H and O–H groups in total. The molecule has 0 atom stereocenters. The van der Waals surface area contributed by atoms with Crippen molar-refractivity contribution in [1.29, 1.82) is 0 Å². The van der Waals surface area contributed by atoms with Crippen LogP contribution in [0.15, 0.2) is 182 Å². The second-order valence-electron chi connectivity index (χ2n) is 13.6. The summed E-state index contributed by atoms with van der Waals surface area (Å²) >= 11 is 0. The molecule has 0 amide bonds. The third-order valence-electron chi connectivity index (χ3n) is 10.6. The summed E-state index contributed by atoms with van der Waals surface area (Å²) in [4.78, 5) is 5.73. The van der Waals surface area contributed by atoms with E-state index in [1.54, 1.807) is 0 Å². The number of hydrogen-bond donors (Lipinski definition) is 0. The quantitative estimate of drug-likeness (QED) is 0.127. The van der Waals surface area contributed by atoms with Gasteiger partial charge in [-0.05, 0) is 34.3 Å². The molecule has 8 aromatic carbocycles. The van der Waals surface area contributed by atoms with Crippen LogP contribution >= 0.6 is 0 Å². The Bertz CT molecular complexity index is 3140. The van der Waals surface area contributed by atoms with Gasteiger partial charge in [0, 0.05) is 32.4 Å². The molecule has 54 heavy (non-hydrogen) atoms. The SMILES string of the molecule is [Zn+2].[c-]1c(-c2cccc3ccc[c-]c23)cccc1-n1c2ccccc2c2cc3ccc4c5ccccc5n([Si](c5ccccc5)c5ccccc5)c4c3nc21. The fourth-order valence-electron chi connectivity index (χ4n) is 8.27. The summed E-state index contributed by atoms with van der Waals surface area (Å²) in [7, 11) is -1.51. The van der Waals surface area contributed by atoms with E-state index in [2.05, 4.69) is 191 Å². The van der Waals surface area contributed by atoms with E-state index in [-0.39, 0.29) is 19.5 Å². The van der Waals surface area contributed by atoms with Crippen molar-refractivity contribution in [3.8, 4) is 16.8 Å². The molecule has 3 heterocycles. The van der Waals surface area contributed by atoms with Crippen LogP contribution in [0.25, 0.3) is 82.2 Å². The van der Waals surface area contributed by atoms with E-state index in [0.29, 0.717) is 0 Å². The molecule has 0 aliphatic heterocycles. The third-order valence-corrected chi connectivity index (χ3v) is 13.2. The standard InChI is InChI=1S/C49H30N3Si.Zn/c1-3-19-37(20-4-1)53(38-21-5-2-6-22-38)52-46-28-12-10-24-41(46)43-30-29-35-32-44-42-25-9-11-27-45(42)51(49(44)50-47(35)48(43)52)36-18-13-17-34(31-36)40-26-14-16-33-15-7-8-23-39(33)40;/h1-22,24-30,32H;/q-2;+2. The average molecular weight is 754 g/mol. The van der Waals surface area contributed by atoms with E-state index < -0.39 is 8.96 Å². The number of rotatable bonds is 5. The van der Waals surface area contributed by atoms with Crippen LogP contribution < -0.4 is 10.4 Å². The van der Waals surface area contributed by atoms with Crippen LogP contribution in [0.1, 0.15) is 0 Å². The third kappa shape index (κ3) is 5.00. The molecule has 1 radical (unpaired) electrons. The Kier molecular flexibility index (Phi) is 7.87. The molecule has 5 heteroatoms. The van der Waals surface area contributed by atoms with Gasteiger partial charge in [-0.25, -0.2) is 4.98 Å². The van der Waals surface area contributed by atoms with Crippen molar-refractivity contribution < 1.29 is 19.5 Å². The van der Waals surface area contributed by atoms with Crippen molar-refractivity contribution in [2.24, 2.45) is 0 Å². The molecule has 3 nitrogen and oxygen atoms in total. The van der Waals surface area contributed by atoms with Crippen LogP contribution in [0.2, 0.25) is 0 Å². The minimum atomic E-state index is -1.51. The van der Waals surface area contributed by atoms with Gasteiger partial charge in [-0.15, -0.1) is 70.4 Å². The number of para-hydroxylation sites is 2. The molecule has 0 bridgehead atoms. The molecular weight excluding hydrogens is 724 g/mol. The number of nitrogens with zero attached hydrogens (tertiary/aromatic N) is 3. The fraction of sp³-hybridized carbons (Fsp3) is 0. The second kappa shape index (κ2) is 13.1. The van der Waals surface area contributed by atoms with Crippen molar-refractivity contribution in [1.82, 2.24) is 13.8 Å². The first kappa shape index (κ1) is 32.5. The number of hydrogen-bond acceptors (Lipinski definition) is 1. The van der Waals surface area contributed by atoms with Gasteiger partial charge >= 0.3 is 19.5 Å². The van der Waals surface area contributed by atoms with Gasteiger partial charge in [0.1, 0.15) is 5.65 Å². The fourth-order valence-corrected chi connectivity index (χ4v) is 11.0. The molecule has 0 saturated heterocycles. The maximum atomic E-state index is 5.73. The van der Waals surface area contributed by atoms with E-state index in [9.17, 15) is 0 Å². The maximum absolute atomic E-state index is 5.73. The number of benzene rings is 8. The summed E-state index contributed by atoms with van der Waals surface area (Å²) < 4.78 is 4.92. The van der Waals surface area contributed by atoms with Crippen LogP contribution in [0.5, 0.6) is 0 Å². The first-order valence-electron chi connectivity index (χ1n) is 18.0. The summed E-state index contributed by atoms with van der Waals surface area (Å²) in [6, 6.07) is 72.7. The van der Waals surface area contributed by atoms with Crippen molar-refractivity contribution in [2.45, 2.75) is 0 Å². The van der Waals surface area contributed by atoms with Crippen LogP contribution in [0.4, 0.5) is 0 Å². The molecule has 0 unspecified atom stereocenters. The molecular formula is C49H30N3SiZn. The zero-order chi connectivity index (χ0) is 34.9. The van der Waals surface area contributed by atoms with E-state index >= 15 is 0 Å². The van der Waals surface area contributed by atoms with Crippen LogP contribution in [0.3, 0.4) is 0 Å². The molecule has 0 aliphatic carbocycles. The average Bonchev–Trinajstić information content (AvgIpc) is 3.73. The zero-order valence-corrected chi connectivity index (χ0v) is 33.3. The van der Waals surface area contributed by atoms with E-state index in [1.807, 2.05) is 12.1 Å². The molecule has 0 fully saturated rings. The Morgan fingerprint density at radius 1 is 0.519 bits per heavy atom. The molecule has 0 aliphatic rings. The summed E-state index contributed by atoms with van der Waals surface area (Å²) in [5.41, 5.74) is 8.55. The van der Waals surface area contributed by atoms with E-state index in [1.165, 1.54) is 43.0 Å². The molecule has 11 aromatic rings. The Hall–Kier alpha value is -6.13. The second-order valence-corrected chi connectivity index (χ2v) is 15.9. The van der Waals surface area contributed by atoms with E-state index in [0.717, 1.165) is 49.7 Å². The smallest absolute Gasteiger partial charge is 0.357 e. The first-order valence-corrected chi connectivity index (χ1v) is 19.4. The van der Waals surface area contributed by atoms with Gasteiger partial charge in [0.25, 0.3) is 0 Å². The minimum absolute atomic E-state index is 0. The Morgan fingerprint density at radius 3 is 1.96 bits per heavy atom. The predicted octanol–water partition coefficient (Wildman–Crippen LogP) is 10.5. The van der Waals surface area contributed by atoms with Crippen LogP contribution in [-0.2, 0) is 19.5 Å². The molecule has 247 valence electrons. The van der Waals surface area contributed by atoms with Crippen molar-refractivity contribution in [2.75, 3.05) is 0 Å². The van der Waals surface area contributed by atoms with Gasteiger partial charge < -0.3 is 8.80 Å². The van der Waals surface area contributed by atoms with Crippen LogP contribution in [-0.4, -0.2) is 22.7 Å². The van der Waals surface area contributed by atoms with Gasteiger partial charge in [-0.2, -0.15) is 0 Å². The van der Waals surface area contributed by atoms with Crippen molar-refractivity contribution in [3.63, 3.8) is 0 Å². The number of aromatic nitrogens is 3. The maximum Gasteiger partial charge on any atom is 2.00 e. The van der Waals surface area contributed by atoms with E-state index in [4.69, 9.17) is 4.98 Å². The Morgan fingerprint density at radius 2 is 1.19 bits per heavy atom. The normalized spacial score (nSPS) is 11.7. The molecule has 0 saturated carbocycles. The van der Waals surface area contributed by atoms with Gasteiger partial charge in [0.05, 0.1) is 16.6 Å².